The van der Waals surface area contributed by atoms with Crippen molar-refractivity contribution in [2.45, 2.75) is 19.2 Å². The van der Waals surface area contributed by atoms with Crippen molar-refractivity contribution in [2.24, 2.45) is 0 Å². The van der Waals surface area contributed by atoms with E-state index in [2.05, 4.69) is 20.3 Å². The molecule has 0 aliphatic rings. The molecule has 3 rings (SSSR count). The third-order valence-electron chi connectivity index (χ3n) is 4.62. The highest BCUT2D eigenvalue weighted by molar-refractivity contribution is 7.88. The van der Waals surface area contributed by atoms with Crippen molar-refractivity contribution in [1.29, 1.82) is 0 Å². The fourth-order valence-electron chi connectivity index (χ4n) is 2.95. The van der Waals surface area contributed by atoms with Crippen molar-refractivity contribution >= 4 is 27.4 Å². The molecule has 168 valence electrons. The van der Waals surface area contributed by atoms with E-state index in [1.165, 1.54) is 7.05 Å². The molecule has 0 radical (unpaired) electrons. The molecule has 1 aromatic heterocycles. The highest BCUT2D eigenvalue weighted by atomic mass is 32.2. The van der Waals surface area contributed by atoms with Crippen LogP contribution in [0.4, 0.5) is 11.5 Å². The Balaban J connectivity index is 1.63. The Bertz CT molecular complexity index is 1150. The summed E-state index contributed by atoms with van der Waals surface area (Å²) in [6, 6.07) is 17.9. The third kappa shape index (κ3) is 6.53. The van der Waals surface area contributed by atoms with Crippen LogP contribution in [0.25, 0.3) is 0 Å². The summed E-state index contributed by atoms with van der Waals surface area (Å²) in [5, 5.41) is 6.04. The van der Waals surface area contributed by atoms with Gasteiger partial charge in [-0.1, -0.05) is 24.3 Å². The van der Waals surface area contributed by atoms with Crippen molar-refractivity contribution in [3.63, 3.8) is 0 Å². The number of carbonyl (C=O) groups excluding carboxylic acids is 1. The van der Waals surface area contributed by atoms with Crippen LogP contribution < -0.4 is 20.1 Å². The smallest absolute Gasteiger partial charge is 0.255 e. The second kappa shape index (κ2) is 10.7. The Morgan fingerprint density at radius 3 is 2.34 bits per heavy atom. The van der Waals surface area contributed by atoms with Gasteiger partial charge in [0.1, 0.15) is 11.6 Å². The van der Waals surface area contributed by atoms with Crippen LogP contribution in [-0.4, -0.2) is 33.0 Å². The topological polar surface area (TPSA) is 109 Å². The minimum absolute atomic E-state index is 0.0909. The number of hydrogen-bond donors (Lipinski definition) is 3. The average molecular weight is 455 g/mol. The maximum Gasteiger partial charge on any atom is 0.255 e. The molecule has 0 unspecified atom stereocenters. The molecular formula is C23H26N4O4S. The molecule has 0 atom stereocenters. The van der Waals surface area contributed by atoms with Crippen molar-refractivity contribution in [3.8, 4) is 5.75 Å². The van der Waals surface area contributed by atoms with E-state index >= 15 is 0 Å². The normalized spacial score (nSPS) is 11.1. The van der Waals surface area contributed by atoms with E-state index in [-0.39, 0.29) is 11.7 Å². The van der Waals surface area contributed by atoms with E-state index in [1.807, 2.05) is 31.2 Å². The Morgan fingerprint density at radius 2 is 1.69 bits per heavy atom. The highest BCUT2D eigenvalue weighted by Crippen LogP contribution is 2.21. The number of benzene rings is 2. The summed E-state index contributed by atoms with van der Waals surface area (Å²) in [7, 11) is -1.94. The Kier molecular flexibility index (Phi) is 7.80. The van der Waals surface area contributed by atoms with Crippen molar-refractivity contribution in [2.75, 3.05) is 19.0 Å². The van der Waals surface area contributed by atoms with E-state index in [0.717, 1.165) is 17.0 Å². The van der Waals surface area contributed by atoms with Gasteiger partial charge in [-0.2, -0.15) is 0 Å². The monoisotopic (exact) mass is 454 g/mol. The number of aromatic nitrogens is 1. The van der Waals surface area contributed by atoms with E-state index in [9.17, 15) is 13.2 Å². The van der Waals surface area contributed by atoms with Gasteiger partial charge < -0.3 is 15.4 Å². The van der Waals surface area contributed by atoms with Gasteiger partial charge in [0.05, 0.1) is 17.9 Å². The van der Waals surface area contributed by atoms with Crippen LogP contribution in [0, 0.1) is 0 Å². The predicted molar refractivity (Wildman–Crippen MR) is 124 cm³/mol. The van der Waals surface area contributed by atoms with E-state index in [1.54, 1.807) is 42.6 Å². The Morgan fingerprint density at radius 1 is 1.00 bits per heavy atom. The lowest BCUT2D eigenvalue weighted by Gasteiger charge is -2.12. The van der Waals surface area contributed by atoms with Gasteiger partial charge >= 0.3 is 0 Å². The molecule has 1 amide bonds. The molecule has 8 nitrogen and oxygen atoms in total. The van der Waals surface area contributed by atoms with E-state index in [4.69, 9.17) is 4.74 Å². The first kappa shape index (κ1) is 23.2. The first-order valence-electron chi connectivity index (χ1n) is 10.1. The summed E-state index contributed by atoms with van der Waals surface area (Å²) < 4.78 is 31.0. The van der Waals surface area contributed by atoms with Gasteiger partial charge in [0, 0.05) is 18.4 Å². The first-order chi connectivity index (χ1) is 15.4. The standard InChI is InChI=1S/C23H26N4O4S/c1-3-31-20-12-10-19(11-13-20)27-22-21(5-4-14-25-22)23(28)26-15-17-6-8-18(9-7-17)16-32(29,30)24-2/h4-14,24H,3,15-16H2,1-2H3,(H,25,27)(H,26,28). The lowest BCUT2D eigenvalue weighted by atomic mass is 10.1. The molecule has 0 saturated carbocycles. The van der Waals surface area contributed by atoms with Crippen LogP contribution in [-0.2, 0) is 22.3 Å². The zero-order chi connectivity index (χ0) is 23.0. The van der Waals surface area contributed by atoms with Gasteiger partial charge in [0.2, 0.25) is 10.0 Å². The second-order valence-corrected chi connectivity index (χ2v) is 8.87. The van der Waals surface area contributed by atoms with Gasteiger partial charge in [0.15, 0.2) is 0 Å². The largest absolute Gasteiger partial charge is 0.494 e. The lowest BCUT2D eigenvalue weighted by molar-refractivity contribution is 0.0951. The van der Waals surface area contributed by atoms with Gasteiger partial charge in [-0.25, -0.2) is 18.1 Å². The number of nitrogens with one attached hydrogen (secondary N) is 3. The quantitative estimate of drug-likeness (QED) is 0.434. The van der Waals surface area contributed by atoms with Crippen molar-refractivity contribution in [1.82, 2.24) is 15.0 Å². The number of nitrogens with zero attached hydrogens (tertiary/aromatic N) is 1. The maximum atomic E-state index is 12.8. The number of amides is 1. The Hall–Kier alpha value is -3.43. The maximum absolute atomic E-state index is 12.8. The van der Waals surface area contributed by atoms with Crippen LogP contribution in [0.1, 0.15) is 28.4 Å². The first-order valence-corrected chi connectivity index (χ1v) is 11.8. The number of rotatable bonds is 10. The number of pyridine rings is 1. The SMILES string of the molecule is CCOc1ccc(Nc2ncccc2C(=O)NCc2ccc(CS(=O)(=O)NC)cc2)cc1. The Labute approximate surface area is 188 Å². The van der Waals surface area contributed by atoms with Crippen LogP contribution in [0.15, 0.2) is 66.9 Å². The average Bonchev–Trinajstić information content (AvgIpc) is 2.80. The van der Waals surface area contributed by atoms with Crippen LogP contribution >= 0.6 is 0 Å². The molecule has 0 fully saturated rings. The summed E-state index contributed by atoms with van der Waals surface area (Å²) in [5.74, 6) is 0.855. The molecule has 32 heavy (non-hydrogen) atoms. The molecule has 0 aliphatic carbocycles. The van der Waals surface area contributed by atoms with Crippen LogP contribution in [0.3, 0.4) is 0 Å². The van der Waals surface area contributed by atoms with Gasteiger partial charge in [-0.05, 0) is 61.5 Å². The minimum Gasteiger partial charge on any atom is -0.494 e. The molecule has 9 heteroatoms. The summed E-state index contributed by atoms with van der Waals surface area (Å²) in [6.07, 6.45) is 1.62. The van der Waals surface area contributed by atoms with Crippen LogP contribution in [0.5, 0.6) is 5.75 Å². The fraction of sp³-hybridized carbons (Fsp3) is 0.217. The van der Waals surface area contributed by atoms with E-state index in [0.29, 0.717) is 30.1 Å². The van der Waals surface area contributed by atoms with Gasteiger partial charge in [-0.3, -0.25) is 4.79 Å². The van der Waals surface area contributed by atoms with E-state index < -0.39 is 10.0 Å². The van der Waals surface area contributed by atoms with Crippen molar-refractivity contribution in [3.05, 3.63) is 83.6 Å². The molecule has 3 N–H and O–H groups in total. The summed E-state index contributed by atoms with van der Waals surface area (Å²) in [6.45, 7) is 2.82. The van der Waals surface area contributed by atoms with Crippen molar-refractivity contribution < 1.29 is 17.9 Å². The number of sulfonamides is 1. The molecule has 2 aromatic carbocycles. The predicted octanol–water partition coefficient (Wildman–Crippen LogP) is 3.20. The molecular weight excluding hydrogens is 428 g/mol. The molecule has 0 saturated heterocycles. The highest BCUT2D eigenvalue weighted by Gasteiger charge is 2.13. The summed E-state index contributed by atoms with van der Waals surface area (Å²) in [5.41, 5.74) is 2.73. The van der Waals surface area contributed by atoms with Gasteiger partial charge in [0.25, 0.3) is 5.91 Å². The van der Waals surface area contributed by atoms with Gasteiger partial charge in [-0.15, -0.1) is 0 Å². The van der Waals surface area contributed by atoms with Crippen LogP contribution in [0.2, 0.25) is 0 Å². The molecule has 1 heterocycles. The number of anilines is 2. The number of carbonyl (C=O) groups is 1. The summed E-state index contributed by atoms with van der Waals surface area (Å²) >= 11 is 0. The zero-order valence-electron chi connectivity index (χ0n) is 18.0. The fourth-order valence-corrected chi connectivity index (χ4v) is 3.72. The number of hydrogen-bond acceptors (Lipinski definition) is 6. The number of ether oxygens (including phenoxy) is 1. The minimum atomic E-state index is -3.32. The summed E-state index contributed by atoms with van der Waals surface area (Å²) in [4.78, 5) is 17.1. The third-order valence-corrected chi connectivity index (χ3v) is 5.96. The second-order valence-electron chi connectivity index (χ2n) is 6.94. The molecule has 0 spiro atoms. The molecule has 3 aromatic rings. The lowest BCUT2D eigenvalue weighted by Crippen LogP contribution is -2.24. The zero-order valence-corrected chi connectivity index (χ0v) is 18.8. The molecule has 0 bridgehead atoms. The molecule has 0 aliphatic heterocycles.